The highest BCUT2D eigenvalue weighted by molar-refractivity contribution is 6.30. The third-order valence-corrected chi connectivity index (χ3v) is 4.74. The van der Waals surface area contributed by atoms with Crippen LogP contribution in [0.4, 0.5) is 16.0 Å². The number of nitrogens with one attached hydrogen (secondary N) is 1. The van der Waals surface area contributed by atoms with Crippen molar-refractivity contribution in [2.24, 2.45) is 5.92 Å². The molecule has 1 saturated heterocycles. The normalized spacial score (nSPS) is 17.5. The second-order valence-electron chi connectivity index (χ2n) is 6.36. The van der Waals surface area contributed by atoms with Gasteiger partial charge in [-0.1, -0.05) is 17.7 Å². The molecule has 3 heterocycles. The zero-order valence-electron chi connectivity index (χ0n) is 13.9. The summed E-state index contributed by atoms with van der Waals surface area (Å²) in [5.74, 6) is -0.0312. The molecular weight excluding hydrogens is 357 g/mol. The van der Waals surface area contributed by atoms with Gasteiger partial charge in [-0.15, -0.1) is 10.2 Å². The van der Waals surface area contributed by atoms with Crippen LogP contribution in [-0.2, 0) is 4.79 Å². The topological polar surface area (TPSA) is 62.5 Å². The molecule has 1 aliphatic rings. The molecule has 1 aromatic carbocycles. The molecular formula is C18H17ClFN5O. The highest BCUT2D eigenvalue weighted by Gasteiger charge is 2.28. The monoisotopic (exact) mass is 373 g/mol. The summed E-state index contributed by atoms with van der Waals surface area (Å²) in [6.07, 6.45) is 3.40. The van der Waals surface area contributed by atoms with Crippen LogP contribution >= 0.6 is 11.6 Å². The first-order valence-corrected chi connectivity index (χ1v) is 8.79. The van der Waals surface area contributed by atoms with Crippen LogP contribution in [-0.4, -0.2) is 33.6 Å². The summed E-state index contributed by atoms with van der Waals surface area (Å²) in [4.78, 5) is 14.6. The Morgan fingerprint density at radius 3 is 3.00 bits per heavy atom. The van der Waals surface area contributed by atoms with E-state index in [1.807, 2.05) is 9.30 Å². The third-order valence-electron chi connectivity index (χ3n) is 4.52. The second-order valence-corrected chi connectivity index (χ2v) is 6.80. The largest absolute Gasteiger partial charge is 0.340 e. The molecule has 0 aliphatic carbocycles. The Morgan fingerprint density at radius 1 is 1.27 bits per heavy atom. The summed E-state index contributed by atoms with van der Waals surface area (Å²) in [6, 6.07) is 9.48. The van der Waals surface area contributed by atoms with Gasteiger partial charge in [-0.2, -0.15) is 0 Å². The average Bonchev–Trinajstić information content (AvgIpc) is 3.05. The number of piperidine rings is 1. The number of nitrogens with zero attached hydrogens (tertiary/aromatic N) is 4. The zero-order valence-corrected chi connectivity index (χ0v) is 14.7. The van der Waals surface area contributed by atoms with E-state index in [1.165, 1.54) is 12.1 Å². The van der Waals surface area contributed by atoms with Crippen LogP contribution in [0.15, 0.2) is 42.6 Å². The maximum Gasteiger partial charge on any atom is 0.231 e. The van der Waals surface area contributed by atoms with E-state index >= 15 is 0 Å². The van der Waals surface area contributed by atoms with Gasteiger partial charge in [0.15, 0.2) is 5.65 Å². The van der Waals surface area contributed by atoms with Gasteiger partial charge >= 0.3 is 0 Å². The Hall–Kier alpha value is -2.67. The summed E-state index contributed by atoms with van der Waals surface area (Å²) in [7, 11) is 0. The number of fused-ring (bicyclic) bond motifs is 1. The third kappa shape index (κ3) is 3.35. The van der Waals surface area contributed by atoms with E-state index in [4.69, 9.17) is 11.6 Å². The van der Waals surface area contributed by atoms with Gasteiger partial charge in [0.1, 0.15) is 5.82 Å². The smallest absolute Gasteiger partial charge is 0.231 e. The Morgan fingerprint density at radius 2 is 2.15 bits per heavy atom. The first kappa shape index (κ1) is 16.8. The number of hydrogen-bond donors (Lipinski definition) is 1. The highest BCUT2D eigenvalue weighted by Crippen LogP contribution is 2.24. The standard InChI is InChI=1S/C18H17ClFN5O/c19-13-6-7-16-22-23-18(25(16)11-13)24-8-2-3-12(10-24)17(26)21-15-5-1-4-14(20)9-15/h1,4-7,9,11-12H,2-3,8,10H2,(H,21,26)/t12-/m0/s1. The van der Waals surface area contributed by atoms with E-state index in [0.717, 1.165) is 19.4 Å². The van der Waals surface area contributed by atoms with Gasteiger partial charge in [-0.05, 0) is 43.2 Å². The maximum atomic E-state index is 13.3. The van der Waals surface area contributed by atoms with E-state index in [0.29, 0.717) is 28.9 Å². The van der Waals surface area contributed by atoms with Crippen molar-refractivity contribution >= 4 is 34.8 Å². The van der Waals surface area contributed by atoms with E-state index < -0.39 is 0 Å². The number of rotatable bonds is 3. The van der Waals surface area contributed by atoms with Gasteiger partial charge in [-0.25, -0.2) is 4.39 Å². The van der Waals surface area contributed by atoms with Crippen LogP contribution in [0, 0.1) is 11.7 Å². The molecule has 8 heteroatoms. The molecule has 1 amide bonds. The minimum atomic E-state index is -0.375. The lowest BCUT2D eigenvalue weighted by Crippen LogP contribution is -2.41. The van der Waals surface area contributed by atoms with Gasteiger partial charge < -0.3 is 10.2 Å². The molecule has 0 bridgehead atoms. The predicted octanol–water partition coefficient (Wildman–Crippen LogP) is 3.38. The fourth-order valence-electron chi connectivity index (χ4n) is 3.25. The molecule has 4 rings (SSSR count). The predicted molar refractivity (Wildman–Crippen MR) is 98.0 cm³/mol. The molecule has 0 unspecified atom stereocenters. The van der Waals surface area contributed by atoms with E-state index in [1.54, 1.807) is 30.5 Å². The number of pyridine rings is 1. The van der Waals surface area contributed by atoms with Crippen molar-refractivity contribution in [3.8, 4) is 0 Å². The molecule has 134 valence electrons. The first-order valence-electron chi connectivity index (χ1n) is 8.42. The second kappa shape index (κ2) is 6.92. The number of hydrogen-bond acceptors (Lipinski definition) is 4. The maximum absolute atomic E-state index is 13.3. The first-order chi connectivity index (χ1) is 12.6. The molecule has 1 fully saturated rings. The SMILES string of the molecule is O=C(Nc1cccc(F)c1)[C@H]1CCCN(c2nnc3ccc(Cl)cn23)C1. The van der Waals surface area contributed by atoms with Gasteiger partial charge in [-0.3, -0.25) is 9.20 Å². The Kier molecular flexibility index (Phi) is 4.46. The van der Waals surface area contributed by atoms with Crippen LogP contribution in [0.1, 0.15) is 12.8 Å². The molecule has 0 saturated carbocycles. The number of carbonyl (C=O) groups excluding carboxylic acids is 1. The number of benzene rings is 1. The number of halogens is 2. The van der Waals surface area contributed by atoms with Crippen LogP contribution in [0.3, 0.4) is 0 Å². The lowest BCUT2D eigenvalue weighted by atomic mass is 9.97. The van der Waals surface area contributed by atoms with Crippen molar-refractivity contribution in [2.75, 3.05) is 23.3 Å². The van der Waals surface area contributed by atoms with Crippen molar-refractivity contribution < 1.29 is 9.18 Å². The molecule has 3 aromatic rings. The van der Waals surface area contributed by atoms with E-state index in [9.17, 15) is 9.18 Å². The van der Waals surface area contributed by atoms with Crippen molar-refractivity contribution in [2.45, 2.75) is 12.8 Å². The minimum Gasteiger partial charge on any atom is -0.340 e. The van der Waals surface area contributed by atoms with Crippen LogP contribution < -0.4 is 10.2 Å². The summed E-state index contributed by atoms with van der Waals surface area (Å²) >= 11 is 6.08. The number of amides is 1. The molecule has 26 heavy (non-hydrogen) atoms. The van der Waals surface area contributed by atoms with E-state index in [-0.39, 0.29) is 17.6 Å². The van der Waals surface area contributed by atoms with Crippen LogP contribution in [0.2, 0.25) is 5.02 Å². The zero-order chi connectivity index (χ0) is 18.1. The van der Waals surface area contributed by atoms with Crippen LogP contribution in [0.5, 0.6) is 0 Å². The van der Waals surface area contributed by atoms with Crippen molar-refractivity contribution in [1.29, 1.82) is 0 Å². The summed E-state index contributed by atoms with van der Waals surface area (Å²) < 4.78 is 15.1. The van der Waals surface area contributed by atoms with E-state index in [2.05, 4.69) is 15.5 Å². The van der Waals surface area contributed by atoms with Crippen molar-refractivity contribution in [3.63, 3.8) is 0 Å². The fourth-order valence-corrected chi connectivity index (χ4v) is 3.41. The van der Waals surface area contributed by atoms with Crippen molar-refractivity contribution in [1.82, 2.24) is 14.6 Å². The average molecular weight is 374 g/mol. The van der Waals surface area contributed by atoms with Gasteiger partial charge in [0.25, 0.3) is 0 Å². The number of anilines is 2. The van der Waals surface area contributed by atoms with Crippen molar-refractivity contribution in [3.05, 3.63) is 53.4 Å². The van der Waals surface area contributed by atoms with Gasteiger partial charge in [0, 0.05) is 25.0 Å². The Labute approximate surface area is 154 Å². The lowest BCUT2D eigenvalue weighted by molar-refractivity contribution is -0.120. The molecule has 1 N–H and O–H groups in total. The summed E-state index contributed by atoms with van der Waals surface area (Å²) in [5.41, 5.74) is 1.17. The summed E-state index contributed by atoms with van der Waals surface area (Å²) in [6.45, 7) is 1.31. The van der Waals surface area contributed by atoms with Gasteiger partial charge in [0.2, 0.25) is 11.9 Å². The van der Waals surface area contributed by atoms with Crippen LogP contribution in [0.25, 0.3) is 5.65 Å². The number of aromatic nitrogens is 3. The molecule has 2 aromatic heterocycles. The molecule has 0 radical (unpaired) electrons. The molecule has 0 spiro atoms. The Bertz CT molecular complexity index is 960. The number of carbonyl (C=O) groups is 1. The van der Waals surface area contributed by atoms with Gasteiger partial charge in [0.05, 0.1) is 10.9 Å². The molecule has 1 atom stereocenters. The summed E-state index contributed by atoms with van der Waals surface area (Å²) in [5, 5.41) is 11.8. The minimum absolute atomic E-state index is 0.118. The molecule has 1 aliphatic heterocycles. The highest BCUT2D eigenvalue weighted by atomic mass is 35.5. The Balaban J connectivity index is 1.51. The quantitative estimate of drug-likeness (QED) is 0.764. The fraction of sp³-hybridized carbons (Fsp3) is 0.278. The molecule has 6 nitrogen and oxygen atoms in total. The lowest BCUT2D eigenvalue weighted by Gasteiger charge is -2.32.